The standard InChI is InChI=1S/C5H13NO3/c1-2-6-9-4-5(8)3-7/h5-8H,2-4H2,1H3/t5-/m1/s1. The summed E-state index contributed by atoms with van der Waals surface area (Å²) in [5, 5.41) is 16.9. The van der Waals surface area contributed by atoms with E-state index in [1.165, 1.54) is 0 Å². The van der Waals surface area contributed by atoms with Crippen LogP contribution < -0.4 is 5.48 Å². The van der Waals surface area contributed by atoms with Crippen LogP contribution in [0.5, 0.6) is 0 Å². The SMILES string of the molecule is CCNOC[C@H](O)CO. The van der Waals surface area contributed by atoms with Crippen molar-refractivity contribution in [2.45, 2.75) is 13.0 Å². The fraction of sp³-hybridized carbons (Fsp3) is 1.00. The smallest absolute Gasteiger partial charge is 0.102 e. The van der Waals surface area contributed by atoms with Crippen molar-refractivity contribution < 1.29 is 15.1 Å². The van der Waals surface area contributed by atoms with Crippen molar-refractivity contribution in [2.24, 2.45) is 0 Å². The van der Waals surface area contributed by atoms with Crippen molar-refractivity contribution in [2.75, 3.05) is 19.8 Å². The molecule has 0 aliphatic carbocycles. The Bertz CT molecular complexity index is 60.2. The molecule has 4 nitrogen and oxygen atoms in total. The van der Waals surface area contributed by atoms with Crippen LogP contribution in [-0.2, 0) is 4.84 Å². The molecule has 1 atom stereocenters. The van der Waals surface area contributed by atoms with E-state index in [1.807, 2.05) is 6.92 Å². The fourth-order valence-corrected chi connectivity index (χ4v) is 0.310. The van der Waals surface area contributed by atoms with E-state index in [0.717, 1.165) is 0 Å². The molecule has 0 aromatic rings. The third-order valence-electron chi connectivity index (χ3n) is 0.733. The molecule has 0 rings (SSSR count). The lowest BCUT2D eigenvalue weighted by Gasteiger charge is -2.06. The lowest BCUT2D eigenvalue weighted by molar-refractivity contribution is -0.0352. The van der Waals surface area contributed by atoms with Crippen molar-refractivity contribution in [3.8, 4) is 0 Å². The molecule has 9 heavy (non-hydrogen) atoms. The Hall–Kier alpha value is -0.160. The highest BCUT2D eigenvalue weighted by atomic mass is 16.6. The summed E-state index contributed by atoms with van der Waals surface area (Å²) in [6.45, 7) is 2.44. The Morgan fingerprint density at radius 3 is 2.78 bits per heavy atom. The van der Waals surface area contributed by atoms with Crippen LogP contribution in [0.3, 0.4) is 0 Å². The Kier molecular flexibility index (Phi) is 5.86. The average molecular weight is 135 g/mol. The lowest BCUT2D eigenvalue weighted by Crippen LogP contribution is -2.25. The van der Waals surface area contributed by atoms with Crippen molar-refractivity contribution in [1.82, 2.24) is 5.48 Å². The van der Waals surface area contributed by atoms with Crippen LogP contribution in [0.4, 0.5) is 0 Å². The summed E-state index contributed by atoms with van der Waals surface area (Å²) in [4.78, 5) is 4.68. The molecule has 56 valence electrons. The van der Waals surface area contributed by atoms with Gasteiger partial charge in [0, 0.05) is 6.54 Å². The molecular weight excluding hydrogens is 122 g/mol. The van der Waals surface area contributed by atoms with Crippen LogP contribution in [0.25, 0.3) is 0 Å². The second kappa shape index (κ2) is 5.97. The predicted octanol–water partition coefficient (Wildman–Crippen LogP) is -1.12. The first-order valence-corrected chi connectivity index (χ1v) is 2.94. The van der Waals surface area contributed by atoms with Gasteiger partial charge in [-0.1, -0.05) is 6.92 Å². The molecular formula is C5H13NO3. The number of aliphatic hydroxyl groups is 2. The van der Waals surface area contributed by atoms with Crippen molar-refractivity contribution in [3.63, 3.8) is 0 Å². The first kappa shape index (κ1) is 8.84. The van der Waals surface area contributed by atoms with Gasteiger partial charge in [-0.15, -0.1) is 0 Å². The Morgan fingerprint density at radius 1 is 1.67 bits per heavy atom. The van der Waals surface area contributed by atoms with Gasteiger partial charge in [0.1, 0.15) is 6.10 Å². The Balaban J connectivity index is 2.88. The first-order valence-electron chi connectivity index (χ1n) is 2.94. The third-order valence-corrected chi connectivity index (χ3v) is 0.733. The van der Waals surface area contributed by atoms with Crippen LogP contribution in [0.1, 0.15) is 6.92 Å². The summed E-state index contributed by atoms with van der Waals surface area (Å²) >= 11 is 0. The van der Waals surface area contributed by atoms with E-state index in [4.69, 9.17) is 10.2 Å². The molecule has 3 N–H and O–H groups in total. The molecule has 0 heterocycles. The fourth-order valence-electron chi connectivity index (χ4n) is 0.310. The van der Waals surface area contributed by atoms with E-state index < -0.39 is 6.10 Å². The highest BCUT2D eigenvalue weighted by molar-refractivity contribution is 4.46. The Morgan fingerprint density at radius 2 is 2.33 bits per heavy atom. The molecule has 4 heteroatoms. The zero-order valence-electron chi connectivity index (χ0n) is 5.50. The number of nitrogens with one attached hydrogen (secondary N) is 1. The molecule has 0 amide bonds. The van der Waals surface area contributed by atoms with Crippen LogP contribution in [0.2, 0.25) is 0 Å². The molecule has 0 aromatic carbocycles. The van der Waals surface area contributed by atoms with Gasteiger partial charge in [0.25, 0.3) is 0 Å². The van der Waals surface area contributed by atoms with Gasteiger partial charge in [-0.05, 0) is 0 Å². The summed E-state index contributed by atoms with van der Waals surface area (Å²) in [7, 11) is 0. The van der Waals surface area contributed by atoms with Gasteiger partial charge in [0.05, 0.1) is 13.2 Å². The van der Waals surface area contributed by atoms with Crippen molar-refractivity contribution in [3.05, 3.63) is 0 Å². The third kappa shape index (κ3) is 5.72. The summed E-state index contributed by atoms with van der Waals surface area (Å²) in [5.41, 5.74) is 2.54. The lowest BCUT2D eigenvalue weighted by atomic mass is 10.4. The van der Waals surface area contributed by atoms with Gasteiger partial charge in [-0.3, -0.25) is 4.84 Å². The molecule has 0 saturated carbocycles. The van der Waals surface area contributed by atoms with Crippen LogP contribution in [0, 0.1) is 0 Å². The summed E-state index contributed by atoms with van der Waals surface area (Å²) in [6.07, 6.45) is -0.774. The molecule has 0 aliphatic rings. The van der Waals surface area contributed by atoms with Crippen LogP contribution in [0.15, 0.2) is 0 Å². The molecule has 0 radical (unpaired) electrons. The monoisotopic (exact) mass is 135 g/mol. The Labute approximate surface area is 54.4 Å². The maximum atomic E-state index is 8.67. The van der Waals surface area contributed by atoms with E-state index in [0.29, 0.717) is 6.54 Å². The van der Waals surface area contributed by atoms with Gasteiger partial charge in [0.2, 0.25) is 0 Å². The summed E-state index contributed by atoms with van der Waals surface area (Å²) < 4.78 is 0. The minimum Gasteiger partial charge on any atom is -0.394 e. The maximum Gasteiger partial charge on any atom is 0.102 e. The topological polar surface area (TPSA) is 61.7 Å². The number of hydroxylamine groups is 1. The molecule has 0 aliphatic heterocycles. The van der Waals surface area contributed by atoms with Gasteiger partial charge >= 0.3 is 0 Å². The normalized spacial score (nSPS) is 13.7. The minimum absolute atomic E-state index is 0.129. The molecule has 0 saturated heterocycles. The van der Waals surface area contributed by atoms with Crippen LogP contribution >= 0.6 is 0 Å². The second-order valence-corrected chi connectivity index (χ2v) is 1.65. The van der Waals surface area contributed by atoms with E-state index in [1.54, 1.807) is 0 Å². The van der Waals surface area contributed by atoms with Gasteiger partial charge < -0.3 is 10.2 Å². The molecule has 0 spiro atoms. The molecule has 0 unspecified atom stereocenters. The highest BCUT2D eigenvalue weighted by Gasteiger charge is 1.99. The van der Waals surface area contributed by atoms with Crippen molar-refractivity contribution in [1.29, 1.82) is 0 Å². The van der Waals surface area contributed by atoms with E-state index in [-0.39, 0.29) is 13.2 Å². The second-order valence-electron chi connectivity index (χ2n) is 1.65. The zero-order valence-corrected chi connectivity index (χ0v) is 5.50. The number of aliphatic hydroxyl groups excluding tert-OH is 2. The van der Waals surface area contributed by atoms with Crippen molar-refractivity contribution >= 4 is 0 Å². The summed E-state index contributed by atoms with van der Waals surface area (Å²) in [5.74, 6) is 0. The summed E-state index contributed by atoms with van der Waals surface area (Å²) in [6, 6.07) is 0. The van der Waals surface area contributed by atoms with E-state index >= 15 is 0 Å². The quantitative estimate of drug-likeness (QED) is 0.330. The maximum absolute atomic E-state index is 8.67. The predicted molar refractivity (Wildman–Crippen MR) is 32.7 cm³/mol. The van der Waals surface area contributed by atoms with Gasteiger partial charge in [-0.2, -0.15) is 0 Å². The number of hydrogen-bond acceptors (Lipinski definition) is 4. The first-order chi connectivity index (χ1) is 4.31. The van der Waals surface area contributed by atoms with E-state index in [9.17, 15) is 0 Å². The molecule has 0 bridgehead atoms. The molecule has 0 fully saturated rings. The number of hydrogen-bond donors (Lipinski definition) is 3. The number of rotatable bonds is 5. The zero-order chi connectivity index (χ0) is 7.11. The van der Waals surface area contributed by atoms with Gasteiger partial charge in [-0.25, -0.2) is 5.48 Å². The highest BCUT2D eigenvalue weighted by Crippen LogP contribution is 1.78. The minimum atomic E-state index is -0.774. The average Bonchev–Trinajstić information content (AvgIpc) is 1.89. The largest absolute Gasteiger partial charge is 0.394 e. The van der Waals surface area contributed by atoms with Crippen LogP contribution in [-0.4, -0.2) is 36.1 Å². The molecule has 0 aromatic heterocycles. The van der Waals surface area contributed by atoms with Gasteiger partial charge in [0.15, 0.2) is 0 Å². The van der Waals surface area contributed by atoms with E-state index in [2.05, 4.69) is 10.3 Å².